The van der Waals surface area contributed by atoms with Crippen LogP contribution in [0.5, 0.6) is 0 Å². The van der Waals surface area contributed by atoms with Crippen LogP contribution >= 0.6 is 11.6 Å². The summed E-state index contributed by atoms with van der Waals surface area (Å²) < 4.78 is 34.0. The molecule has 10 heteroatoms. The molecule has 2 N–H and O–H groups in total. The van der Waals surface area contributed by atoms with Crippen molar-refractivity contribution in [3.8, 4) is 11.3 Å². The number of benzene rings is 1. The predicted molar refractivity (Wildman–Crippen MR) is 103 cm³/mol. The van der Waals surface area contributed by atoms with E-state index in [-0.39, 0.29) is 29.4 Å². The van der Waals surface area contributed by atoms with Crippen LogP contribution in [0.15, 0.2) is 18.2 Å². The van der Waals surface area contributed by atoms with Gasteiger partial charge in [0.2, 0.25) is 0 Å². The van der Waals surface area contributed by atoms with E-state index in [1.807, 2.05) is 0 Å². The Hall–Kier alpha value is -2.68. The third-order valence-electron chi connectivity index (χ3n) is 4.45. The Balaban J connectivity index is 2.06. The van der Waals surface area contributed by atoms with Crippen LogP contribution in [0, 0.1) is 5.82 Å². The number of alkyl halides is 1. The zero-order valence-electron chi connectivity index (χ0n) is 16.2. The molecule has 29 heavy (non-hydrogen) atoms. The molecule has 2 heterocycles. The van der Waals surface area contributed by atoms with E-state index in [1.54, 1.807) is 20.8 Å². The third-order valence-corrected chi connectivity index (χ3v) is 4.74. The maximum Gasteiger partial charge on any atom is 0.411 e. The van der Waals surface area contributed by atoms with Gasteiger partial charge in [-0.3, -0.25) is 14.4 Å². The summed E-state index contributed by atoms with van der Waals surface area (Å²) in [6.45, 7) is 4.20. The number of amides is 2. The molecule has 1 aliphatic heterocycles. The van der Waals surface area contributed by atoms with Crippen molar-refractivity contribution >= 4 is 23.6 Å². The third kappa shape index (κ3) is 4.19. The topological polar surface area (TPSA) is 90.4 Å². The molecule has 1 unspecified atom stereocenters. The monoisotopic (exact) mass is 426 g/mol. The summed E-state index contributed by atoms with van der Waals surface area (Å²) in [4.78, 5) is 26.0. The predicted octanol–water partition coefficient (Wildman–Crippen LogP) is 3.53. The number of carbonyl (C=O) groups excluding carboxylic acids is 2. The lowest BCUT2D eigenvalue weighted by atomic mass is 10.0. The van der Waals surface area contributed by atoms with E-state index in [2.05, 4.69) is 5.10 Å². The van der Waals surface area contributed by atoms with Gasteiger partial charge in [-0.05, 0) is 39.0 Å². The molecule has 0 spiro atoms. The van der Waals surface area contributed by atoms with Crippen molar-refractivity contribution < 1.29 is 23.1 Å². The molecule has 1 aromatic carbocycles. The van der Waals surface area contributed by atoms with Crippen molar-refractivity contribution in [1.29, 1.82) is 0 Å². The highest BCUT2D eigenvalue weighted by atomic mass is 35.5. The second kappa shape index (κ2) is 7.62. The molecule has 3 rings (SSSR count). The Morgan fingerprint density at radius 2 is 2.07 bits per heavy atom. The molecule has 7 nitrogen and oxygen atoms in total. The first-order chi connectivity index (χ1) is 13.5. The fourth-order valence-corrected chi connectivity index (χ4v) is 3.35. The van der Waals surface area contributed by atoms with Crippen LogP contribution in [0.3, 0.4) is 0 Å². The summed E-state index contributed by atoms with van der Waals surface area (Å²) >= 11 is 5.85. The summed E-state index contributed by atoms with van der Waals surface area (Å²) in [5, 5.41) is 4.23. The number of primary amides is 1. The zero-order valence-corrected chi connectivity index (χ0v) is 17.0. The minimum absolute atomic E-state index is 0.0142. The van der Waals surface area contributed by atoms with Gasteiger partial charge in [0.15, 0.2) is 0 Å². The van der Waals surface area contributed by atoms with Gasteiger partial charge in [-0.15, -0.1) is 0 Å². The molecule has 1 aromatic heterocycles. The second-order valence-electron chi connectivity index (χ2n) is 7.76. The molecule has 0 bridgehead atoms. The van der Waals surface area contributed by atoms with Crippen molar-refractivity contribution in [2.75, 3.05) is 6.67 Å². The molecule has 2 amide bonds. The number of ether oxygens (including phenoxy) is 1. The van der Waals surface area contributed by atoms with Crippen molar-refractivity contribution in [3.63, 3.8) is 0 Å². The molecular formula is C19H21ClF2N4O3. The number of aromatic nitrogens is 2. The normalized spacial score (nSPS) is 16.5. The number of nitrogens with zero attached hydrogens (tertiary/aromatic N) is 3. The highest BCUT2D eigenvalue weighted by molar-refractivity contribution is 6.31. The van der Waals surface area contributed by atoms with Gasteiger partial charge in [0.05, 0.1) is 35.4 Å². The van der Waals surface area contributed by atoms with Crippen LogP contribution in [0.25, 0.3) is 11.3 Å². The SMILES string of the molecule is CC(C)(C)OC(=O)N1Cc2c(C(N)=O)c(-c3ccc(F)c(Cl)c3)nn2CC1CF. The second-order valence-corrected chi connectivity index (χ2v) is 8.17. The molecule has 0 fully saturated rings. The van der Waals surface area contributed by atoms with Gasteiger partial charge in [0.1, 0.15) is 23.8 Å². The minimum atomic E-state index is -0.817. The van der Waals surface area contributed by atoms with Gasteiger partial charge in [-0.1, -0.05) is 11.6 Å². The lowest BCUT2D eigenvalue weighted by molar-refractivity contribution is 0.00327. The van der Waals surface area contributed by atoms with E-state index in [0.29, 0.717) is 11.3 Å². The minimum Gasteiger partial charge on any atom is -0.444 e. The van der Waals surface area contributed by atoms with E-state index >= 15 is 0 Å². The Labute approximate surface area is 171 Å². The molecule has 2 aromatic rings. The Bertz CT molecular complexity index is 971. The van der Waals surface area contributed by atoms with Gasteiger partial charge in [0.25, 0.3) is 5.91 Å². The van der Waals surface area contributed by atoms with Crippen LogP contribution in [-0.4, -0.2) is 45.0 Å². The van der Waals surface area contributed by atoms with Gasteiger partial charge in [0, 0.05) is 5.56 Å². The highest BCUT2D eigenvalue weighted by Gasteiger charge is 2.37. The molecule has 0 aliphatic carbocycles. The first-order valence-corrected chi connectivity index (χ1v) is 9.30. The molecule has 1 aliphatic rings. The summed E-state index contributed by atoms with van der Waals surface area (Å²) in [6, 6.07) is 3.08. The van der Waals surface area contributed by atoms with Crippen molar-refractivity contribution in [2.45, 2.75) is 45.5 Å². The lowest BCUT2D eigenvalue weighted by Gasteiger charge is -2.35. The quantitative estimate of drug-likeness (QED) is 0.812. The number of hydrogen-bond acceptors (Lipinski definition) is 4. The van der Waals surface area contributed by atoms with E-state index in [1.165, 1.54) is 21.7 Å². The molecule has 1 atom stereocenters. The molecule has 0 saturated carbocycles. The van der Waals surface area contributed by atoms with Crippen LogP contribution in [-0.2, 0) is 17.8 Å². The van der Waals surface area contributed by atoms with Gasteiger partial charge in [-0.25, -0.2) is 13.6 Å². The number of carbonyl (C=O) groups is 2. The van der Waals surface area contributed by atoms with E-state index in [0.717, 1.165) is 6.07 Å². The summed E-state index contributed by atoms with van der Waals surface area (Å²) in [5.41, 5.74) is 5.80. The maximum atomic E-state index is 13.7. The largest absolute Gasteiger partial charge is 0.444 e. The lowest BCUT2D eigenvalue weighted by Crippen LogP contribution is -2.49. The average molecular weight is 427 g/mol. The number of halogens is 3. The van der Waals surface area contributed by atoms with Crippen LogP contribution < -0.4 is 5.73 Å². The molecular weight excluding hydrogens is 406 g/mol. The Morgan fingerprint density at radius 1 is 1.38 bits per heavy atom. The summed E-state index contributed by atoms with van der Waals surface area (Å²) in [6.07, 6.45) is -0.700. The van der Waals surface area contributed by atoms with Crippen molar-refractivity contribution in [2.24, 2.45) is 5.73 Å². The van der Waals surface area contributed by atoms with Gasteiger partial charge >= 0.3 is 6.09 Å². The fraction of sp³-hybridized carbons (Fsp3) is 0.421. The van der Waals surface area contributed by atoms with Crippen LogP contribution in [0.2, 0.25) is 5.02 Å². The van der Waals surface area contributed by atoms with Crippen LogP contribution in [0.1, 0.15) is 36.8 Å². The van der Waals surface area contributed by atoms with E-state index < -0.39 is 36.1 Å². The summed E-state index contributed by atoms with van der Waals surface area (Å²) in [7, 11) is 0. The Morgan fingerprint density at radius 3 is 2.62 bits per heavy atom. The zero-order chi connectivity index (χ0) is 21.5. The van der Waals surface area contributed by atoms with Crippen LogP contribution in [0.4, 0.5) is 13.6 Å². The summed E-state index contributed by atoms with van der Waals surface area (Å²) in [5.74, 6) is -1.39. The number of fused-ring (bicyclic) bond motifs is 1. The molecule has 0 saturated heterocycles. The number of nitrogens with two attached hydrogens (primary N) is 1. The standard InChI is InChI=1S/C19H21ClF2N4O3/c1-19(2,3)29-18(28)25-9-14-15(17(23)27)16(24-26(14)8-11(25)7-21)10-4-5-13(22)12(20)6-10/h4-6,11H,7-9H2,1-3H3,(H2,23,27). The van der Waals surface area contributed by atoms with E-state index in [9.17, 15) is 18.4 Å². The van der Waals surface area contributed by atoms with E-state index in [4.69, 9.17) is 22.1 Å². The number of rotatable bonds is 3. The smallest absolute Gasteiger partial charge is 0.411 e. The molecule has 156 valence electrons. The van der Waals surface area contributed by atoms with Gasteiger partial charge in [-0.2, -0.15) is 5.10 Å². The first kappa shape index (κ1) is 21.0. The van der Waals surface area contributed by atoms with Gasteiger partial charge < -0.3 is 10.5 Å². The first-order valence-electron chi connectivity index (χ1n) is 8.92. The van der Waals surface area contributed by atoms with Crippen molar-refractivity contribution in [3.05, 3.63) is 40.3 Å². The fourth-order valence-electron chi connectivity index (χ4n) is 3.17. The Kier molecular flexibility index (Phi) is 5.53. The molecule has 0 radical (unpaired) electrons. The maximum absolute atomic E-state index is 13.7. The van der Waals surface area contributed by atoms with Crippen molar-refractivity contribution in [1.82, 2.24) is 14.7 Å². The highest BCUT2D eigenvalue weighted by Crippen LogP contribution is 2.32. The number of hydrogen-bond donors (Lipinski definition) is 1. The average Bonchev–Trinajstić information content (AvgIpc) is 3.00.